The van der Waals surface area contributed by atoms with Crippen molar-refractivity contribution in [3.63, 3.8) is 0 Å². The summed E-state index contributed by atoms with van der Waals surface area (Å²) in [6.07, 6.45) is 1.21. The number of amides is 1. The number of carbonyl (C=O) groups is 1. The first-order chi connectivity index (χ1) is 17.2. The normalized spacial score (nSPS) is 15.6. The maximum absolute atomic E-state index is 14.1. The lowest BCUT2D eigenvalue weighted by Crippen LogP contribution is -2.37. The molecule has 10 heteroatoms. The van der Waals surface area contributed by atoms with Gasteiger partial charge in [0, 0.05) is 41.5 Å². The Labute approximate surface area is 214 Å². The third kappa shape index (κ3) is 4.68. The van der Waals surface area contributed by atoms with E-state index >= 15 is 0 Å². The molecule has 0 bridgehead atoms. The van der Waals surface area contributed by atoms with Gasteiger partial charge < -0.3 is 4.90 Å². The largest absolute Gasteiger partial charge is 0.435 e. The average molecular weight is 529 g/mol. The third-order valence-electron chi connectivity index (χ3n) is 6.13. The monoisotopic (exact) mass is 528 g/mol. The Morgan fingerprint density at radius 1 is 1.19 bits per heavy atom. The van der Waals surface area contributed by atoms with E-state index in [1.807, 2.05) is 6.07 Å². The van der Waals surface area contributed by atoms with Gasteiger partial charge in [-0.25, -0.2) is 0 Å². The molecule has 5 rings (SSSR count). The van der Waals surface area contributed by atoms with E-state index < -0.39 is 11.9 Å². The van der Waals surface area contributed by atoms with E-state index in [-0.39, 0.29) is 23.9 Å². The zero-order valence-corrected chi connectivity index (χ0v) is 20.4. The fraction of sp³-hybridized carbons (Fsp3) is 0.192. The van der Waals surface area contributed by atoms with Crippen LogP contribution in [0.5, 0.6) is 0 Å². The zero-order chi connectivity index (χ0) is 25.4. The van der Waals surface area contributed by atoms with E-state index in [0.717, 1.165) is 16.0 Å². The van der Waals surface area contributed by atoms with Crippen molar-refractivity contribution in [1.29, 1.82) is 0 Å². The highest BCUT2D eigenvalue weighted by atomic mass is 35.5. The number of rotatable bonds is 5. The van der Waals surface area contributed by atoms with Gasteiger partial charge in [0.25, 0.3) is 0 Å². The standard InChI is InChI=1S/C26H20ClF3N4OS/c1-2-24(35)33-13-20(19-10-23(27)36-22(19)15-33)17-7-3-4-8-18(17)21-14-34(32-25(21)26(28,29)30)12-16-6-5-9-31-11-16/h2-11,14,20H,1,12-13,15H2/t20-/m0/s1. The van der Waals surface area contributed by atoms with Crippen LogP contribution in [-0.2, 0) is 24.1 Å². The topological polar surface area (TPSA) is 51.0 Å². The molecule has 0 unspecified atom stereocenters. The van der Waals surface area contributed by atoms with Crippen molar-refractivity contribution in [1.82, 2.24) is 19.7 Å². The molecule has 0 aliphatic carbocycles. The molecule has 184 valence electrons. The van der Waals surface area contributed by atoms with Crippen molar-refractivity contribution in [2.24, 2.45) is 0 Å². The number of halogens is 4. The number of pyridine rings is 1. The highest BCUT2D eigenvalue weighted by Gasteiger charge is 2.39. The van der Waals surface area contributed by atoms with Crippen molar-refractivity contribution in [3.8, 4) is 11.1 Å². The summed E-state index contributed by atoms with van der Waals surface area (Å²) in [6, 6.07) is 12.3. The molecule has 1 aliphatic heterocycles. The molecular formula is C26H20ClF3N4OS. The van der Waals surface area contributed by atoms with Crippen LogP contribution >= 0.6 is 22.9 Å². The Kier molecular flexibility index (Phi) is 6.44. The molecule has 0 spiro atoms. The molecule has 1 aromatic carbocycles. The number of nitrogens with zero attached hydrogens (tertiary/aromatic N) is 4. The summed E-state index contributed by atoms with van der Waals surface area (Å²) in [5, 5.41) is 3.91. The fourth-order valence-electron chi connectivity index (χ4n) is 4.58. The molecule has 0 radical (unpaired) electrons. The van der Waals surface area contributed by atoms with Gasteiger partial charge in [-0.15, -0.1) is 11.3 Å². The molecule has 0 saturated carbocycles. The zero-order valence-electron chi connectivity index (χ0n) is 18.9. The number of benzene rings is 1. The van der Waals surface area contributed by atoms with Crippen molar-refractivity contribution in [2.75, 3.05) is 6.54 Å². The van der Waals surface area contributed by atoms with E-state index in [0.29, 0.717) is 28.6 Å². The van der Waals surface area contributed by atoms with Crippen molar-refractivity contribution < 1.29 is 18.0 Å². The van der Waals surface area contributed by atoms with E-state index in [1.54, 1.807) is 53.7 Å². The Bertz CT molecular complexity index is 1430. The minimum absolute atomic E-state index is 0.0166. The summed E-state index contributed by atoms with van der Waals surface area (Å²) < 4.78 is 44.3. The maximum atomic E-state index is 14.1. The van der Waals surface area contributed by atoms with Crippen LogP contribution in [-0.4, -0.2) is 32.1 Å². The second-order valence-electron chi connectivity index (χ2n) is 8.44. The molecule has 1 atom stereocenters. The number of thiophene rings is 1. The molecule has 4 aromatic rings. The summed E-state index contributed by atoms with van der Waals surface area (Å²) in [4.78, 5) is 19.1. The van der Waals surface area contributed by atoms with Gasteiger partial charge in [0.2, 0.25) is 5.91 Å². The molecule has 0 fully saturated rings. The molecule has 0 N–H and O–H groups in total. The van der Waals surface area contributed by atoms with Crippen molar-refractivity contribution in [3.05, 3.63) is 105 Å². The van der Waals surface area contributed by atoms with Crippen LogP contribution in [0.15, 0.2) is 73.7 Å². The van der Waals surface area contributed by atoms with Crippen LogP contribution in [0.3, 0.4) is 0 Å². The van der Waals surface area contributed by atoms with Gasteiger partial charge >= 0.3 is 6.18 Å². The minimum Gasteiger partial charge on any atom is -0.333 e. The summed E-state index contributed by atoms with van der Waals surface area (Å²) in [6.45, 7) is 4.41. The second kappa shape index (κ2) is 9.55. The van der Waals surface area contributed by atoms with Gasteiger partial charge in [0.15, 0.2) is 5.69 Å². The van der Waals surface area contributed by atoms with Crippen LogP contribution < -0.4 is 0 Å². The van der Waals surface area contributed by atoms with Crippen LogP contribution in [0.2, 0.25) is 4.34 Å². The predicted molar refractivity (Wildman–Crippen MR) is 133 cm³/mol. The number of alkyl halides is 3. The first kappa shape index (κ1) is 24.3. The molecule has 1 amide bonds. The molecule has 36 heavy (non-hydrogen) atoms. The van der Waals surface area contributed by atoms with Gasteiger partial charge in [0.05, 0.1) is 17.4 Å². The minimum atomic E-state index is -4.66. The van der Waals surface area contributed by atoms with E-state index in [2.05, 4.69) is 16.7 Å². The van der Waals surface area contributed by atoms with Gasteiger partial charge in [0.1, 0.15) is 0 Å². The number of fused-ring (bicyclic) bond motifs is 1. The Hall–Kier alpha value is -3.43. The maximum Gasteiger partial charge on any atom is 0.435 e. The molecule has 1 aliphatic rings. The van der Waals surface area contributed by atoms with E-state index in [9.17, 15) is 18.0 Å². The van der Waals surface area contributed by atoms with Crippen LogP contribution in [0.25, 0.3) is 11.1 Å². The Morgan fingerprint density at radius 3 is 2.72 bits per heavy atom. The second-order valence-corrected chi connectivity index (χ2v) is 10.2. The van der Waals surface area contributed by atoms with Crippen molar-refractivity contribution in [2.45, 2.75) is 25.2 Å². The fourth-order valence-corrected chi connectivity index (χ4v) is 5.94. The van der Waals surface area contributed by atoms with E-state index in [1.165, 1.54) is 28.3 Å². The lowest BCUT2D eigenvalue weighted by molar-refractivity contribution is -0.141. The molecular weight excluding hydrogens is 509 g/mol. The first-order valence-corrected chi connectivity index (χ1v) is 12.3. The number of aromatic nitrogens is 3. The molecule has 0 saturated heterocycles. The van der Waals surface area contributed by atoms with Crippen molar-refractivity contribution >= 4 is 28.8 Å². The quantitative estimate of drug-likeness (QED) is 0.282. The molecule has 3 aromatic heterocycles. The number of hydrogen-bond acceptors (Lipinski definition) is 4. The van der Waals surface area contributed by atoms with E-state index in [4.69, 9.17) is 11.6 Å². The lowest BCUT2D eigenvalue weighted by Gasteiger charge is -2.33. The smallest absolute Gasteiger partial charge is 0.333 e. The van der Waals surface area contributed by atoms with Gasteiger partial charge in [-0.3, -0.25) is 14.5 Å². The molecule has 4 heterocycles. The van der Waals surface area contributed by atoms with Crippen LogP contribution in [0, 0.1) is 0 Å². The predicted octanol–water partition coefficient (Wildman–Crippen LogP) is 6.39. The highest BCUT2D eigenvalue weighted by Crippen LogP contribution is 2.45. The Balaban J connectivity index is 1.63. The summed E-state index contributed by atoms with van der Waals surface area (Å²) >= 11 is 7.68. The number of hydrogen-bond donors (Lipinski definition) is 0. The summed E-state index contributed by atoms with van der Waals surface area (Å²) in [5.74, 6) is -0.603. The first-order valence-electron chi connectivity index (χ1n) is 11.1. The number of carbonyl (C=O) groups excluding carboxylic acids is 1. The lowest BCUT2D eigenvalue weighted by atomic mass is 9.84. The van der Waals surface area contributed by atoms with Gasteiger partial charge in [-0.1, -0.05) is 48.5 Å². The third-order valence-corrected chi connectivity index (χ3v) is 7.40. The van der Waals surface area contributed by atoms with Gasteiger partial charge in [-0.2, -0.15) is 18.3 Å². The Morgan fingerprint density at radius 2 is 2.00 bits per heavy atom. The van der Waals surface area contributed by atoms with Crippen LogP contribution in [0.1, 0.15) is 33.2 Å². The van der Waals surface area contributed by atoms with Crippen LogP contribution in [0.4, 0.5) is 13.2 Å². The average Bonchev–Trinajstić information content (AvgIpc) is 3.46. The summed E-state index contributed by atoms with van der Waals surface area (Å²) in [7, 11) is 0. The molecule has 5 nitrogen and oxygen atoms in total. The summed E-state index contributed by atoms with van der Waals surface area (Å²) in [5.41, 5.74) is 1.75. The SMILES string of the molecule is C=CC(=O)N1Cc2sc(Cl)cc2[C@H](c2ccccc2-c2cn(Cc3cccnc3)nc2C(F)(F)F)C1. The van der Waals surface area contributed by atoms with Gasteiger partial charge in [-0.05, 0) is 40.5 Å². The highest BCUT2D eigenvalue weighted by molar-refractivity contribution is 7.16.